The highest BCUT2D eigenvalue weighted by molar-refractivity contribution is 5.86. The molecular formula is C6H7N3O3. The second-order valence-corrected chi connectivity index (χ2v) is 1.96. The van der Waals surface area contributed by atoms with Crippen molar-refractivity contribution in [3.63, 3.8) is 0 Å². The van der Waals surface area contributed by atoms with Crippen molar-refractivity contribution >= 4 is 5.97 Å². The molecule has 12 heavy (non-hydrogen) atoms. The number of nitrogens with one attached hydrogen (secondary N) is 1. The lowest BCUT2D eigenvalue weighted by atomic mass is 10.4. The van der Waals surface area contributed by atoms with Crippen molar-refractivity contribution in [1.82, 2.24) is 9.71 Å². The molecule has 0 radical (unpaired) electrons. The van der Waals surface area contributed by atoms with E-state index in [1.54, 1.807) is 0 Å². The Bertz CT molecular complexity index is 357. The number of carbonyl (C=O) groups is 1. The van der Waals surface area contributed by atoms with Gasteiger partial charge in [0.05, 0.1) is 13.3 Å². The van der Waals surface area contributed by atoms with Crippen molar-refractivity contribution < 1.29 is 14.7 Å². The quantitative estimate of drug-likeness (QED) is 0.433. The second kappa shape index (κ2) is 3.04. The maximum Gasteiger partial charge on any atom is 0.360 e. The van der Waals surface area contributed by atoms with Crippen LogP contribution in [0.2, 0.25) is 0 Å². The van der Waals surface area contributed by atoms with Gasteiger partial charge in [0, 0.05) is 6.20 Å². The summed E-state index contributed by atoms with van der Waals surface area (Å²) in [7, 11) is 1.18. The van der Waals surface area contributed by atoms with Crippen molar-refractivity contribution in [3.05, 3.63) is 23.6 Å². The number of rotatable bonds is 1. The smallest absolute Gasteiger partial charge is 0.360 e. The lowest BCUT2D eigenvalue weighted by molar-refractivity contribution is 0.0582. The average molecular weight is 169 g/mol. The van der Waals surface area contributed by atoms with Crippen LogP contribution in [0.15, 0.2) is 12.4 Å². The number of methoxy groups -OCH3 is 1. The molecule has 0 aliphatic carbocycles. The van der Waals surface area contributed by atoms with Crippen LogP contribution in [-0.2, 0) is 4.74 Å². The summed E-state index contributed by atoms with van der Waals surface area (Å²) in [6.07, 6.45) is 2.35. The van der Waals surface area contributed by atoms with Gasteiger partial charge in [0.15, 0.2) is 11.2 Å². The lowest BCUT2D eigenvalue weighted by Gasteiger charge is -1.99. The summed E-state index contributed by atoms with van der Waals surface area (Å²) in [5, 5.41) is 16.1. The summed E-state index contributed by atoms with van der Waals surface area (Å²) < 4.78 is 4.81. The van der Waals surface area contributed by atoms with E-state index in [0.29, 0.717) is 4.73 Å². The van der Waals surface area contributed by atoms with Gasteiger partial charge in [-0.05, 0) is 0 Å². The largest absolute Gasteiger partial charge is 0.464 e. The van der Waals surface area contributed by atoms with Gasteiger partial charge in [0.2, 0.25) is 0 Å². The molecule has 0 bridgehead atoms. The fraction of sp³-hybridized carbons (Fsp3) is 0.167. The normalized spacial score (nSPS) is 9.42. The van der Waals surface area contributed by atoms with Crippen LogP contribution in [0.25, 0.3) is 0 Å². The Morgan fingerprint density at radius 2 is 2.50 bits per heavy atom. The standard InChI is InChI=1S/C6H7N3O3/c1-12-6(10)4-5(7)9(11)3-2-8-4/h2-3,7,11H,1H3. The van der Waals surface area contributed by atoms with Crippen LogP contribution in [0.3, 0.4) is 0 Å². The predicted molar refractivity (Wildman–Crippen MR) is 36.6 cm³/mol. The number of aromatic nitrogens is 2. The van der Waals surface area contributed by atoms with Crippen LogP contribution in [0, 0.1) is 5.41 Å². The van der Waals surface area contributed by atoms with Crippen LogP contribution in [-0.4, -0.2) is 28.0 Å². The van der Waals surface area contributed by atoms with E-state index >= 15 is 0 Å². The molecule has 0 unspecified atom stereocenters. The van der Waals surface area contributed by atoms with Crippen molar-refractivity contribution in [3.8, 4) is 0 Å². The van der Waals surface area contributed by atoms with Gasteiger partial charge in [0.1, 0.15) is 0 Å². The van der Waals surface area contributed by atoms with Crippen LogP contribution in [0.4, 0.5) is 0 Å². The molecule has 64 valence electrons. The van der Waals surface area contributed by atoms with Gasteiger partial charge in [0.25, 0.3) is 0 Å². The number of ether oxygens (including phenoxy) is 1. The third-order valence-corrected chi connectivity index (χ3v) is 1.24. The number of carbonyl (C=O) groups excluding carboxylic acids is 1. The number of esters is 1. The van der Waals surface area contributed by atoms with E-state index < -0.39 is 11.5 Å². The predicted octanol–water partition coefficient (Wildman–Crippen LogP) is -0.614. The first-order valence-electron chi connectivity index (χ1n) is 3.06. The summed E-state index contributed by atoms with van der Waals surface area (Å²) in [5.41, 5.74) is -0.619. The molecule has 0 fully saturated rings. The fourth-order valence-corrected chi connectivity index (χ4v) is 0.661. The van der Waals surface area contributed by atoms with Crippen molar-refractivity contribution in [2.75, 3.05) is 7.11 Å². The summed E-state index contributed by atoms with van der Waals surface area (Å²) in [5.74, 6) is -0.747. The van der Waals surface area contributed by atoms with E-state index in [4.69, 9.17) is 10.6 Å². The molecule has 0 saturated heterocycles. The SMILES string of the molecule is COC(=O)c1nccn(O)c1=N. The summed E-state index contributed by atoms with van der Waals surface area (Å²) in [6.45, 7) is 0. The highest BCUT2D eigenvalue weighted by Gasteiger charge is 2.10. The molecule has 0 atom stereocenters. The molecular weight excluding hydrogens is 162 g/mol. The van der Waals surface area contributed by atoms with Crippen molar-refractivity contribution in [1.29, 1.82) is 5.41 Å². The van der Waals surface area contributed by atoms with Crippen LogP contribution in [0.1, 0.15) is 10.5 Å². The molecule has 6 nitrogen and oxygen atoms in total. The zero-order valence-electron chi connectivity index (χ0n) is 6.31. The Balaban J connectivity index is 3.26. The van der Waals surface area contributed by atoms with Crippen LogP contribution < -0.4 is 5.49 Å². The first-order chi connectivity index (χ1) is 5.66. The van der Waals surface area contributed by atoms with Gasteiger partial charge in [-0.2, -0.15) is 4.73 Å². The summed E-state index contributed by atoms with van der Waals surface area (Å²) in [4.78, 5) is 14.4. The molecule has 0 spiro atoms. The molecule has 6 heteroatoms. The molecule has 1 rings (SSSR count). The topological polar surface area (TPSA) is 88.2 Å². The van der Waals surface area contributed by atoms with E-state index in [0.717, 1.165) is 6.20 Å². The van der Waals surface area contributed by atoms with Crippen LogP contribution in [0.5, 0.6) is 0 Å². The Kier molecular flexibility index (Phi) is 2.09. The van der Waals surface area contributed by atoms with E-state index in [-0.39, 0.29) is 5.69 Å². The molecule has 2 N–H and O–H groups in total. The van der Waals surface area contributed by atoms with E-state index in [1.165, 1.54) is 13.3 Å². The molecule has 1 aromatic heterocycles. The average Bonchev–Trinajstić information content (AvgIpc) is 2.08. The molecule has 1 heterocycles. The Morgan fingerprint density at radius 1 is 1.83 bits per heavy atom. The Labute approximate surface area is 67.5 Å². The molecule has 0 aliphatic rings. The van der Waals surface area contributed by atoms with Gasteiger partial charge in [-0.3, -0.25) is 5.41 Å². The lowest BCUT2D eigenvalue weighted by Crippen LogP contribution is -2.26. The Hall–Kier alpha value is -1.85. The van der Waals surface area contributed by atoms with Gasteiger partial charge in [-0.15, -0.1) is 0 Å². The molecule has 0 aliphatic heterocycles. The zero-order chi connectivity index (χ0) is 9.14. The van der Waals surface area contributed by atoms with Crippen molar-refractivity contribution in [2.45, 2.75) is 0 Å². The first kappa shape index (κ1) is 8.25. The summed E-state index contributed by atoms with van der Waals surface area (Å²) in [6, 6.07) is 0. The maximum absolute atomic E-state index is 10.9. The minimum Gasteiger partial charge on any atom is -0.464 e. The van der Waals surface area contributed by atoms with Gasteiger partial charge < -0.3 is 9.94 Å². The molecule has 0 aromatic carbocycles. The number of nitrogens with zero attached hydrogens (tertiary/aromatic N) is 2. The highest BCUT2D eigenvalue weighted by atomic mass is 16.5. The monoisotopic (exact) mass is 169 g/mol. The van der Waals surface area contributed by atoms with E-state index in [2.05, 4.69) is 9.72 Å². The van der Waals surface area contributed by atoms with Crippen molar-refractivity contribution in [2.24, 2.45) is 0 Å². The third kappa shape index (κ3) is 1.26. The fourth-order valence-electron chi connectivity index (χ4n) is 0.661. The number of hydrogen-bond acceptors (Lipinski definition) is 5. The van der Waals surface area contributed by atoms with Gasteiger partial charge >= 0.3 is 5.97 Å². The Morgan fingerprint density at radius 3 is 3.08 bits per heavy atom. The molecule has 0 amide bonds. The van der Waals surface area contributed by atoms with E-state index in [1.807, 2.05) is 0 Å². The summed E-state index contributed by atoms with van der Waals surface area (Å²) >= 11 is 0. The van der Waals surface area contributed by atoms with Crippen LogP contribution >= 0.6 is 0 Å². The molecule has 1 aromatic rings. The maximum atomic E-state index is 10.9. The second-order valence-electron chi connectivity index (χ2n) is 1.96. The third-order valence-electron chi connectivity index (χ3n) is 1.24. The first-order valence-corrected chi connectivity index (χ1v) is 3.06. The van der Waals surface area contributed by atoms with E-state index in [9.17, 15) is 4.79 Å². The zero-order valence-corrected chi connectivity index (χ0v) is 6.31. The van der Waals surface area contributed by atoms with Gasteiger partial charge in [-0.1, -0.05) is 0 Å². The molecule has 0 saturated carbocycles. The number of hydrogen-bond donors (Lipinski definition) is 2. The minimum absolute atomic E-state index is 0.220. The minimum atomic E-state index is -0.747. The highest BCUT2D eigenvalue weighted by Crippen LogP contribution is 1.86. The van der Waals surface area contributed by atoms with Gasteiger partial charge in [-0.25, -0.2) is 9.78 Å².